The molecule has 0 aliphatic heterocycles. The van der Waals surface area contributed by atoms with Crippen molar-refractivity contribution in [2.24, 2.45) is 0 Å². The highest BCUT2D eigenvalue weighted by Crippen LogP contribution is 2.32. The number of nitrogens with zero attached hydrogens (tertiary/aromatic N) is 3. The maximum atomic E-state index is 14.2. The summed E-state index contributed by atoms with van der Waals surface area (Å²) in [5.41, 5.74) is 1.53. The molecule has 10 nitrogen and oxygen atoms in total. The molecule has 2 aromatic heterocycles. The zero-order chi connectivity index (χ0) is 32.6. The molecule has 0 spiro atoms. The van der Waals surface area contributed by atoms with Crippen LogP contribution in [0.2, 0.25) is 0 Å². The Balaban J connectivity index is 1.54. The van der Waals surface area contributed by atoms with Crippen molar-refractivity contribution in [1.82, 2.24) is 19.3 Å². The lowest BCUT2D eigenvalue weighted by Crippen LogP contribution is -2.26. The highest BCUT2D eigenvalue weighted by molar-refractivity contribution is 6.04. The van der Waals surface area contributed by atoms with E-state index in [0.717, 1.165) is 31.1 Å². The lowest BCUT2D eigenvalue weighted by Gasteiger charge is -2.15. The summed E-state index contributed by atoms with van der Waals surface area (Å²) < 4.78 is 41.7. The minimum atomic E-state index is -4.50. The third kappa shape index (κ3) is 6.37. The topological polar surface area (TPSA) is 127 Å². The maximum absolute atomic E-state index is 14.2. The van der Waals surface area contributed by atoms with Crippen LogP contribution in [0.4, 0.5) is 24.5 Å². The van der Waals surface area contributed by atoms with Gasteiger partial charge in [0.1, 0.15) is 6.54 Å². The molecule has 1 saturated carbocycles. The fourth-order valence-electron chi connectivity index (χ4n) is 5.03. The number of fused-ring (bicyclic) bond motifs is 1. The van der Waals surface area contributed by atoms with Gasteiger partial charge in [0.15, 0.2) is 0 Å². The summed E-state index contributed by atoms with van der Waals surface area (Å²) in [5.74, 6) is -1.14. The van der Waals surface area contributed by atoms with Gasteiger partial charge in [0, 0.05) is 39.9 Å². The van der Waals surface area contributed by atoms with Gasteiger partial charge in [-0.05, 0) is 75.6 Å². The second-order valence-electron chi connectivity index (χ2n) is 10.8. The Morgan fingerprint density at radius 2 is 1.73 bits per heavy atom. The van der Waals surface area contributed by atoms with Crippen LogP contribution in [0.25, 0.3) is 16.9 Å². The second kappa shape index (κ2) is 12.1. The van der Waals surface area contributed by atoms with Crippen LogP contribution in [0.1, 0.15) is 52.8 Å². The molecule has 0 bridgehead atoms. The van der Waals surface area contributed by atoms with Crippen LogP contribution in [0.15, 0.2) is 59.9 Å². The molecule has 0 saturated heterocycles. The Bertz CT molecular complexity index is 1900. The van der Waals surface area contributed by atoms with Gasteiger partial charge in [0.25, 0.3) is 11.5 Å². The molecule has 5 rings (SSSR count). The first kappa shape index (κ1) is 31.2. The number of hydrogen-bond donors (Lipinski definition) is 3. The molecule has 234 valence electrons. The Hall–Kier alpha value is -5.20. The minimum absolute atomic E-state index is 0.124. The average molecular weight is 621 g/mol. The molecule has 3 amide bonds. The summed E-state index contributed by atoms with van der Waals surface area (Å²) in [6.45, 7) is 8.48. The number of aromatic nitrogens is 3. The Labute approximate surface area is 256 Å². The van der Waals surface area contributed by atoms with Crippen LogP contribution in [-0.2, 0) is 28.7 Å². The van der Waals surface area contributed by atoms with E-state index in [9.17, 15) is 32.3 Å². The predicted octanol–water partition coefficient (Wildman–Crippen LogP) is 5.02. The summed E-state index contributed by atoms with van der Waals surface area (Å²) in [7, 11) is 0. The largest absolute Gasteiger partial charge is 0.416 e. The molecular weight excluding hydrogens is 589 g/mol. The van der Waals surface area contributed by atoms with Gasteiger partial charge in [-0.1, -0.05) is 19.6 Å². The van der Waals surface area contributed by atoms with Gasteiger partial charge in [0.05, 0.1) is 16.8 Å². The number of halogens is 3. The van der Waals surface area contributed by atoms with E-state index in [1.165, 1.54) is 22.6 Å². The lowest BCUT2D eigenvalue weighted by atomic mass is 9.99. The van der Waals surface area contributed by atoms with Gasteiger partial charge >= 0.3 is 6.18 Å². The quantitative estimate of drug-likeness (QED) is 0.227. The van der Waals surface area contributed by atoms with Crippen molar-refractivity contribution >= 4 is 34.9 Å². The molecule has 45 heavy (non-hydrogen) atoms. The van der Waals surface area contributed by atoms with Crippen LogP contribution in [0.3, 0.4) is 0 Å². The van der Waals surface area contributed by atoms with E-state index in [2.05, 4.69) is 22.5 Å². The lowest BCUT2D eigenvalue weighted by molar-refractivity contribution is -0.137. The van der Waals surface area contributed by atoms with Gasteiger partial charge in [0.2, 0.25) is 17.6 Å². The molecule has 4 aromatic rings. The van der Waals surface area contributed by atoms with E-state index in [0.29, 0.717) is 34.6 Å². The number of carbonyl (C=O) groups is 3. The van der Waals surface area contributed by atoms with Crippen LogP contribution >= 0.6 is 0 Å². The number of carbonyl (C=O) groups excluding carboxylic acids is 3. The first-order chi connectivity index (χ1) is 21.3. The summed E-state index contributed by atoms with van der Waals surface area (Å²) in [6, 6.07) is 8.91. The SMILES string of the molecule is C=CC(=O)Nc1cc(C(=O)NC2CC2)ccc1-c1c(CC)nc2n(CC(=O)Nc3ccc(C(F)(F)F)cc3)c(C)c(C)n2c1=O. The van der Waals surface area contributed by atoms with Gasteiger partial charge in [-0.2, -0.15) is 13.2 Å². The number of benzene rings is 2. The monoisotopic (exact) mass is 620 g/mol. The molecular formula is C32H31F3N6O4. The van der Waals surface area contributed by atoms with Gasteiger partial charge < -0.3 is 20.5 Å². The molecule has 1 aliphatic rings. The number of hydrogen-bond acceptors (Lipinski definition) is 5. The molecule has 3 N–H and O–H groups in total. The van der Waals surface area contributed by atoms with Crippen molar-refractivity contribution in [3.8, 4) is 11.1 Å². The van der Waals surface area contributed by atoms with E-state index in [4.69, 9.17) is 4.98 Å². The summed E-state index contributed by atoms with van der Waals surface area (Å²) in [6.07, 6.45) is -1.29. The molecule has 0 radical (unpaired) electrons. The minimum Gasteiger partial charge on any atom is -0.349 e. The second-order valence-corrected chi connectivity index (χ2v) is 10.8. The van der Waals surface area contributed by atoms with Crippen LogP contribution < -0.4 is 21.5 Å². The molecule has 2 aromatic carbocycles. The van der Waals surface area contributed by atoms with E-state index in [-0.39, 0.29) is 41.2 Å². The van der Waals surface area contributed by atoms with Crippen LogP contribution in [0.5, 0.6) is 0 Å². The number of alkyl halides is 3. The molecule has 1 aliphatic carbocycles. The highest BCUT2D eigenvalue weighted by atomic mass is 19.4. The fraction of sp³-hybridized carbons (Fsp3) is 0.281. The van der Waals surface area contributed by atoms with E-state index >= 15 is 0 Å². The predicted molar refractivity (Wildman–Crippen MR) is 163 cm³/mol. The number of aryl methyl sites for hydroxylation is 2. The van der Waals surface area contributed by atoms with Crippen LogP contribution in [-0.4, -0.2) is 37.7 Å². The van der Waals surface area contributed by atoms with E-state index in [1.54, 1.807) is 30.5 Å². The third-order valence-corrected chi connectivity index (χ3v) is 7.69. The van der Waals surface area contributed by atoms with Crippen molar-refractivity contribution in [2.75, 3.05) is 10.6 Å². The van der Waals surface area contributed by atoms with E-state index < -0.39 is 29.1 Å². The first-order valence-corrected chi connectivity index (χ1v) is 14.3. The number of imidazole rings is 1. The summed E-state index contributed by atoms with van der Waals surface area (Å²) in [5, 5.41) is 8.20. The number of rotatable bonds is 9. The highest BCUT2D eigenvalue weighted by Gasteiger charge is 2.30. The molecule has 0 unspecified atom stereocenters. The zero-order valence-corrected chi connectivity index (χ0v) is 24.8. The smallest absolute Gasteiger partial charge is 0.349 e. The first-order valence-electron chi connectivity index (χ1n) is 14.3. The van der Waals surface area contributed by atoms with Crippen LogP contribution in [0, 0.1) is 13.8 Å². The normalized spacial score (nSPS) is 13.0. The van der Waals surface area contributed by atoms with E-state index in [1.807, 2.05) is 6.92 Å². The number of nitrogens with one attached hydrogen (secondary N) is 3. The number of amides is 3. The van der Waals surface area contributed by atoms with Crippen molar-refractivity contribution < 1.29 is 27.6 Å². The molecule has 13 heteroatoms. The Morgan fingerprint density at radius 3 is 2.33 bits per heavy atom. The van der Waals surface area contributed by atoms with Gasteiger partial charge in [-0.25, -0.2) is 9.38 Å². The molecule has 2 heterocycles. The molecule has 0 atom stereocenters. The third-order valence-electron chi connectivity index (χ3n) is 7.69. The summed E-state index contributed by atoms with van der Waals surface area (Å²) in [4.78, 5) is 57.0. The summed E-state index contributed by atoms with van der Waals surface area (Å²) >= 11 is 0. The number of anilines is 2. The zero-order valence-electron chi connectivity index (χ0n) is 24.8. The van der Waals surface area contributed by atoms with Crippen molar-refractivity contribution in [1.29, 1.82) is 0 Å². The standard InChI is InChI=1S/C32H31F3N6O4/c1-5-24-28(23-14-7-19(29(44)37-22-12-13-22)15-25(23)38-26(42)6-2)30(45)41-18(4)17(3)40(31(41)39-24)16-27(43)36-21-10-8-20(9-11-21)32(33,34)35/h6-11,14-15,22H,2,5,12-13,16H2,1,3-4H3,(H,36,43)(H,37,44)(H,38,42). The molecule has 1 fully saturated rings. The van der Waals surface area contributed by atoms with Gasteiger partial charge in [-0.3, -0.25) is 19.2 Å². The van der Waals surface area contributed by atoms with Gasteiger partial charge in [-0.15, -0.1) is 0 Å². The Kier molecular flexibility index (Phi) is 8.37. The average Bonchev–Trinajstić information content (AvgIpc) is 3.78. The van der Waals surface area contributed by atoms with Crippen molar-refractivity contribution in [3.63, 3.8) is 0 Å². The Morgan fingerprint density at radius 1 is 1.04 bits per heavy atom. The van der Waals surface area contributed by atoms with Crippen molar-refractivity contribution in [2.45, 2.75) is 58.8 Å². The maximum Gasteiger partial charge on any atom is 0.416 e. The fourth-order valence-corrected chi connectivity index (χ4v) is 5.03. The van der Waals surface area contributed by atoms with Crippen molar-refractivity contribution in [3.05, 3.63) is 93.7 Å².